The van der Waals surface area contributed by atoms with Crippen molar-refractivity contribution in [1.82, 2.24) is 4.98 Å². The van der Waals surface area contributed by atoms with Gasteiger partial charge >= 0.3 is 5.97 Å². The van der Waals surface area contributed by atoms with Gasteiger partial charge in [-0.05, 0) is 46.3 Å². The van der Waals surface area contributed by atoms with E-state index in [2.05, 4.69) is 26.2 Å². The topological polar surface area (TPSA) is 79.3 Å². The highest BCUT2D eigenvalue weighted by Crippen LogP contribution is 2.24. The molecule has 0 aliphatic rings. The Morgan fingerprint density at radius 1 is 1.20 bits per heavy atom. The van der Waals surface area contributed by atoms with Gasteiger partial charge in [0.25, 0.3) is 5.91 Å². The third-order valence-corrected chi connectivity index (χ3v) is 3.14. The van der Waals surface area contributed by atoms with Gasteiger partial charge in [0, 0.05) is 10.7 Å². The summed E-state index contributed by atoms with van der Waals surface area (Å²) < 4.78 is 13.2. The normalized spacial score (nSPS) is 10.1. The van der Waals surface area contributed by atoms with Crippen molar-refractivity contribution >= 4 is 33.5 Å². The van der Waals surface area contributed by atoms with E-state index >= 15 is 0 Å². The van der Waals surface area contributed by atoms with Crippen molar-refractivity contribution in [1.29, 1.82) is 0 Å². The van der Waals surface area contributed by atoms with Gasteiger partial charge in [0.1, 0.15) is 0 Å². The van der Waals surface area contributed by atoms with Gasteiger partial charge in [-0.15, -0.1) is 0 Å². The summed E-state index contributed by atoms with van der Waals surface area (Å²) in [7, 11) is 0. The van der Waals surface area contributed by atoms with Gasteiger partial charge in [-0.3, -0.25) is 4.79 Å². The molecule has 0 spiro atoms. The first-order chi connectivity index (χ1) is 9.47. The maximum absolute atomic E-state index is 12.7. The Morgan fingerprint density at radius 3 is 2.50 bits per heavy atom. The molecule has 1 heterocycles. The van der Waals surface area contributed by atoms with Gasteiger partial charge in [-0.2, -0.15) is 4.39 Å². The fourth-order valence-electron chi connectivity index (χ4n) is 1.46. The maximum atomic E-state index is 12.7. The van der Waals surface area contributed by atoms with Crippen molar-refractivity contribution in [3.05, 3.63) is 58.1 Å². The number of carboxylic acids is 1. The van der Waals surface area contributed by atoms with E-state index in [1.807, 2.05) is 0 Å². The molecule has 0 radical (unpaired) electrons. The van der Waals surface area contributed by atoms with Crippen LogP contribution in [0.5, 0.6) is 0 Å². The number of hydrogen-bond donors (Lipinski definition) is 2. The van der Waals surface area contributed by atoms with Crippen LogP contribution in [-0.4, -0.2) is 22.0 Å². The first kappa shape index (κ1) is 14.1. The number of benzene rings is 1. The fraction of sp³-hybridized carbons (Fsp3) is 0. The van der Waals surface area contributed by atoms with Crippen molar-refractivity contribution in [2.45, 2.75) is 0 Å². The minimum atomic E-state index is -1.10. The monoisotopic (exact) mass is 338 g/mol. The van der Waals surface area contributed by atoms with Gasteiger partial charge < -0.3 is 10.4 Å². The van der Waals surface area contributed by atoms with Crippen molar-refractivity contribution in [3.8, 4) is 0 Å². The van der Waals surface area contributed by atoms with Gasteiger partial charge in [0.2, 0.25) is 5.95 Å². The highest BCUT2D eigenvalue weighted by atomic mass is 79.9. The predicted molar refractivity (Wildman–Crippen MR) is 73.2 cm³/mol. The van der Waals surface area contributed by atoms with E-state index in [4.69, 9.17) is 5.11 Å². The van der Waals surface area contributed by atoms with E-state index in [-0.39, 0.29) is 11.1 Å². The molecule has 1 amide bonds. The van der Waals surface area contributed by atoms with Gasteiger partial charge in [0.05, 0.1) is 16.8 Å². The molecule has 0 saturated carbocycles. The number of halogens is 2. The molecule has 2 N–H and O–H groups in total. The summed E-state index contributed by atoms with van der Waals surface area (Å²) in [5.74, 6) is -2.30. The number of carboxylic acid groups (broad SMARTS) is 1. The lowest BCUT2D eigenvalue weighted by molar-refractivity contribution is 0.0696. The number of carbonyl (C=O) groups excluding carboxylic acids is 1. The molecule has 7 heteroatoms. The van der Waals surface area contributed by atoms with Crippen LogP contribution >= 0.6 is 15.9 Å². The second-order valence-corrected chi connectivity index (χ2v) is 4.68. The number of carbonyl (C=O) groups is 2. The van der Waals surface area contributed by atoms with Crippen LogP contribution < -0.4 is 5.32 Å². The van der Waals surface area contributed by atoms with Crippen LogP contribution in [0, 0.1) is 5.95 Å². The molecule has 1 aromatic carbocycles. The zero-order valence-electron chi connectivity index (χ0n) is 9.93. The molecule has 1 aromatic heterocycles. The molecule has 0 bridgehead atoms. The first-order valence-electron chi connectivity index (χ1n) is 5.43. The standard InChI is InChI=1S/C13H8BrFN2O3/c14-9-3-1-7(13(19)20)5-10(9)17-12(18)8-2-4-11(15)16-6-8/h1-6H,(H,17,18)(H,19,20). The highest BCUT2D eigenvalue weighted by Gasteiger charge is 2.11. The van der Waals surface area contributed by atoms with Crippen molar-refractivity contribution in [2.24, 2.45) is 0 Å². The van der Waals surface area contributed by atoms with Crippen molar-refractivity contribution < 1.29 is 19.1 Å². The zero-order chi connectivity index (χ0) is 14.7. The molecule has 0 fully saturated rings. The first-order valence-corrected chi connectivity index (χ1v) is 6.22. The third kappa shape index (κ3) is 3.18. The van der Waals surface area contributed by atoms with Crippen LogP contribution in [0.1, 0.15) is 20.7 Å². The molecule has 0 saturated heterocycles. The highest BCUT2D eigenvalue weighted by molar-refractivity contribution is 9.10. The van der Waals surface area contributed by atoms with Gasteiger partial charge in [-0.25, -0.2) is 9.78 Å². The summed E-state index contributed by atoms with van der Waals surface area (Å²) in [6.45, 7) is 0. The largest absolute Gasteiger partial charge is 0.478 e. The smallest absolute Gasteiger partial charge is 0.335 e. The predicted octanol–water partition coefficient (Wildman–Crippen LogP) is 2.93. The van der Waals surface area contributed by atoms with E-state index < -0.39 is 17.8 Å². The number of anilines is 1. The lowest BCUT2D eigenvalue weighted by Crippen LogP contribution is -2.13. The third-order valence-electron chi connectivity index (χ3n) is 2.45. The van der Waals surface area contributed by atoms with Crippen LogP contribution in [0.3, 0.4) is 0 Å². The second kappa shape index (κ2) is 5.79. The number of nitrogens with zero attached hydrogens (tertiary/aromatic N) is 1. The van der Waals surface area contributed by atoms with Crippen LogP contribution in [0.15, 0.2) is 41.0 Å². The van der Waals surface area contributed by atoms with Crippen molar-refractivity contribution in [3.63, 3.8) is 0 Å². The van der Waals surface area contributed by atoms with Crippen LogP contribution in [0.25, 0.3) is 0 Å². The lowest BCUT2D eigenvalue weighted by atomic mass is 10.2. The van der Waals surface area contributed by atoms with Crippen LogP contribution in [0.4, 0.5) is 10.1 Å². The Balaban J connectivity index is 2.25. The van der Waals surface area contributed by atoms with E-state index in [1.54, 1.807) is 0 Å². The molecule has 0 aliphatic carbocycles. The Kier molecular flexibility index (Phi) is 4.09. The summed E-state index contributed by atoms with van der Waals surface area (Å²) in [4.78, 5) is 26.2. The Morgan fingerprint density at radius 2 is 1.90 bits per heavy atom. The number of pyridine rings is 1. The number of hydrogen-bond acceptors (Lipinski definition) is 3. The summed E-state index contributed by atoms with van der Waals surface area (Å²) in [5, 5.41) is 11.4. The zero-order valence-corrected chi connectivity index (χ0v) is 11.5. The number of aromatic nitrogens is 1. The molecule has 0 unspecified atom stereocenters. The molecule has 2 aromatic rings. The average molecular weight is 339 g/mol. The van der Waals surface area contributed by atoms with Gasteiger partial charge in [-0.1, -0.05) is 0 Å². The van der Waals surface area contributed by atoms with Crippen molar-refractivity contribution in [2.75, 3.05) is 5.32 Å². The minimum Gasteiger partial charge on any atom is -0.478 e. The molecular weight excluding hydrogens is 331 g/mol. The number of rotatable bonds is 3. The summed E-state index contributed by atoms with van der Waals surface area (Å²) in [6.07, 6.45) is 1.10. The number of nitrogens with one attached hydrogen (secondary N) is 1. The van der Waals surface area contributed by atoms with E-state index in [0.29, 0.717) is 10.2 Å². The SMILES string of the molecule is O=C(O)c1ccc(Br)c(NC(=O)c2ccc(F)nc2)c1. The summed E-state index contributed by atoms with van der Waals surface area (Å²) in [6, 6.07) is 6.59. The second-order valence-electron chi connectivity index (χ2n) is 3.82. The van der Waals surface area contributed by atoms with E-state index in [9.17, 15) is 14.0 Å². The molecule has 2 rings (SSSR count). The molecule has 0 atom stereocenters. The summed E-state index contributed by atoms with van der Waals surface area (Å²) >= 11 is 3.21. The summed E-state index contributed by atoms with van der Waals surface area (Å²) in [5.41, 5.74) is 0.513. The molecule has 102 valence electrons. The van der Waals surface area contributed by atoms with Crippen LogP contribution in [0.2, 0.25) is 0 Å². The van der Waals surface area contributed by atoms with Gasteiger partial charge in [0.15, 0.2) is 0 Å². The molecule has 0 aliphatic heterocycles. The maximum Gasteiger partial charge on any atom is 0.335 e. The van der Waals surface area contributed by atoms with E-state index in [0.717, 1.165) is 12.3 Å². The lowest BCUT2D eigenvalue weighted by Gasteiger charge is -2.08. The Bertz CT molecular complexity index is 674. The number of amides is 1. The fourth-order valence-corrected chi connectivity index (χ4v) is 1.80. The Hall–Kier alpha value is -2.28. The van der Waals surface area contributed by atoms with Crippen LogP contribution in [-0.2, 0) is 0 Å². The molecular formula is C13H8BrFN2O3. The minimum absolute atomic E-state index is 0.0423. The average Bonchev–Trinajstić information content (AvgIpc) is 2.41. The molecule has 20 heavy (non-hydrogen) atoms. The Labute approximate surface area is 121 Å². The van der Waals surface area contributed by atoms with E-state index in [1.165, 1.54) is 24.3 Å². The molecule has 5 nitrogen and oxygen atoms in total. The quantitative estimate of drug-likeness (QED) is 0.843. The number of aromatic carboxylic acids is 1.